The van der Waals surface area contributed by atoms with Gasteiger partial charge >= 0.3 is 0 Å². The maximum absolute atomic E-state index is 13.0. The number of piperidine rings is 1. The average Bonchev–Trinajstić information content (AvgIpc) is 3.26. The monoisotopic (exact) mass is 471 g/mol. The topological polar surface area (TPSA) is 63.1 Å². The Morgan fingerprint density at radius 1 is 0.941 bits per heavy atom. The van der Waals surface area contributed by atoms with Crippen molar-refractivity contribution in [1.82, 2.24) is 19.7 Å². The summed E-state index contributed by atoms with van der Waals surface area (Å²) in [5.41, 5.74) is 1.82. The summed E-state index contributed by atoms with van der Waals surface area (Å²) in [7, 11) is 0. The molecule has 1 atom stereocenters. The van der Waals surface area contributed by atoms with E-state index in [2.05, 4.69) is 49.2 Å². The summed E-state index contributed by atoms with van der Waals surface area (Å²) in [4.78, 5) is 15.5. The van der Waals surface area contributed by atoms with E-state index in [0.29, 0.717) is 0 Å². The van der Waals surface area contributed by atoms with Crippen molar-refractivity contribution in [2.45, 2.75) is 43.1 Å². The van der Waals surface area contributed by atoms with E-state index >= 15 is 0 Å². The lowest BCUT2D eigenvalue weighted by Gasteiger charge is -2.26. The van der Waals surface area contributed by atoms with Gasteiger partial charge in [-0.2, -0.15) is 0 Å². The average molecular weight is 472 g/mol. The Morgan fingerprint density at radius 3 is 2.47 bits per heavy atom. The molecule has 1 N–H and O–H groups in total. The molecule has 1 aliphatic rings. The molecule has 1 aliphatic heterocycles. The number of hydrogen-bond acceptors (Lipinski definition) is 5. The van der Waals surface area contributed by atoms with Crippen LogP contribution in [0.15, 0.2) is 78.0 Å². The smallest absolute Gasteiger partial charge is 0.237 e. The standard InChI is InChI=1S/C27H29N5OS/c1-20(26(33)28-23-15-14-21-10-6-7-11-22(21)18-23)34-27-30-29-25(19-31-16-8-3-9-17-31)32(27)24-12-4-2-5-13-24/h2,4-7,10-15,18,20H,3,8-9,16-17,19H2,1H3,(H,28,33). The van der Waals surface area contributed by atoms with Crippen molar-refractivity contribution in [1.29, 1.82) is 0 Å². The van der Waals surface area contributed by atoms with E-state index in [-0.39, 0.29) is 11.2 Å². The Labute approximate surface area is 204 Å². The summed E-state index contributed by atoms with van der Waals surface area (Å²) in [6, 6.07) is 24.3. The van der Waals surface area contributed by atoms with Gasteiger partial charge in [-0.25, -0.2) is 0 Å². The number of nitrogens with one attached hydrogen (secondary N) is 1. The first-order chi connectivity index (χ1) is 16.7. The van der Waals surface area contributed by atoms with Crippen molar-refractivity contribution in [3.05, 3.63) is 78.6 Å². The number of nitrogens with zero attached hydrogens (tertiary/aromatic N) is 4. The summed E-state index contributed by atoms with van der Waals surface area (Å²) in [6.07, 6.45) is 3.76. The fourth-order valence-electron chi connectivity index (χ4n) is 4.36. The molecule has 3 aromatic carbocycles. The highest BCUT2D eigenvalue weighted by Gasteiger charge is 2.23. The molecule has 0 radical (unpaired) electrons. The maximum Gasteiger partial charge on any atom is 0.237 e. The largest absolute Gasteiger partial charge is 0.325 e. The van der Waals surface area contributed by atoms with Crippen LogP contribution in [0.2, 0.25) is 0 Å². The lowest BCUT2D eigenvalue weighted by molar-refractivity contribution is -0.115. The predicted molar refractivity (Wildman–Crippen MR) is 138 cm³/mol. The van der Waals surface area contributed by atoms with Crippen molar-refractivity contribution in [2.75, 3.05) is 18.4 Å². The molecule has 1 saturated heterocycles. The van der Waals surface area contributed by atoms with Gasteiger partial charge in [0.15, 0.2) is 11.0 Å². The van der Waals surface area contributed by atoms with Crippen LogP contribution in [0.1, 0.15) is 32.0 Å². The van der Waals surface area contributed by atoms with Gasteiger partial charge in [-0.15, -0.1) is 10.2 Å². The van der Waals surface area contributed by atoms with Gasteiger partial charge in [0, 0.05) is 11.4 Å². The van der Waals surface area contributed by atoms with Crippen LogP contribution in [0.25, 0.3) is 16.5 Å². The number of carbonyl (C=O) groups is 1. The minimum absolute atomic E-state index is 0.0551. The van der Waals surface area contributed by atoms with Gasteiger partial charge in [0.2, 0.25) is 5.91 Å². The van der Waals surface area contributed by atoms with E-state index < -0.39 is 0 Å². The molecule has 0 aliphatic carbocycles. The van der Waals surface area contributed by atoms with E-state index in [4.69, 9.17) is 0 Å². The summed E-state index contributed by atoms with van der Waals surface area (Å²) < 4.78 is 2.10. The minimum Gasteiger partial charge on any atom is -0.325 e. The lowest BCUT2D eigenvalue weighted by atomic mass is 10.1. The first-order valence-electron chi connectivity index (χ1n) is 11.9. The molecule has 1 fully saturated rings. The van der Waals surface area contributed by atoms with E-state index in [0.717, 1.165) is 52.8 Å². The molecule has 1 aromatic heterocycles. The van der Waals surface area contributed by atoms with E-state index in [9.17, 15) is 4.79 Å². The van der Waals surface area contributed by atoms with Crippen LogP contribution in [-0.4, -0.2) is 43.9 Å². The van der Waals surface area contributed by atoms with E-state index in [1.807, 2.05) is 55.5 Å². The van der Waals surface area contributed by atoms with Crippen molar-refractivity contribution in [2.24, 2.45) is 0 Å². The predicted octanol–water partition coefficient (Wildman–Crippen LogP) is 5.53. The number of carbonyl (C=O) groups excluding carboxylic acids is 1. The molecular formula is C27H29N5OS. The van der Waals surface area contributed by atoms with Crippen molar-refractivity contribution < 1.29 is 4.79 Å². The Morgan fingerprint density at radius 2 is 1.68 bits per heavy atom. The second kappa shape index (κ2) is 10.4. The molecule has 4 aromatic rings. The molecule has 1 unspecified atom stereocenters. The molecular weight excluding hydrogens is 442 g/mol. The number of anilines is 1. The molecule has 0 saturated carbocycles. The second-order valence-corrected chi connectivity index (χ2v) is 10.0. The zero-order valence-electron chi connectivity index (χ0n) is 19.4. The minimum atomic E-state index is -0.332. The Kier molecular flexibility index (Phi) is 6.92. The van der Waals surface area contributed by atoms with Crippen molar-refractivity contribution >= 4 is 34.1 Å². The number of para-hydroxylation sites is 1. The molecule has 0 bridgehead atoms. The van der Waals surface area contributed by atoms with Gasteiger partial charge in [0.1, 0.15) is 0 Å². The number of amides is 1. The third-order valence-corrected chi connectivity index (χ3v) is 7.24. The second-order valence-electron chi connectivity index (χ2n) is 8.72. The van der Waals surface area contributed by atoms with Gasteiger partial charge in [0.25, 0.3) is 0 Å². The summed E-state index contributed by atoms with van der Waals surface area (Å²) >= 11 is 1.44. The van der Waals surface area contributed by atoms with Crippen LogP contribution >= 0.6 is 11.8 Å². The summed E-state index contributed by atoms with van der Waals surface area (Å²) in [5, 5.41) is 14.8. The number of likely N-dealkylation sites (tertiary alicyclic amines) is 1. The van der Waals surface area contributed by atoms with Gasteiger partial charge in [0.05, 0.1) is 11.8 Å². The number of aromatic nitrogens is 3. The summed E-state index contributed by atoms with van der Waals surface area (Å²) in [6.45, 7) is 4.86. The van der Waals surface area contributed by atoms with Crippen LogP contribution in [0, 0.1) is 0 Å². The van der Waals surface area contributed by atoms with Crippen LogP contribution in [0.5, 0.6) is 0 Å². The highest BCUT2D eigenvalue weighted by molar-refractivity contribution is 8.00. The Balaban J connectivity index is 1.34. The first kappa shape index (κ1) is 22.6. The summed E-state index contributed by atoms with van der Waals surface area (Å²) in [5.74, 6) is 0.859. The molecule has 5 rings (SSSR count). The SMILES string of the molecule is CC(Sc1nnc(CN2CCCCC2)n1-c1ccccc1)C(=O)Nc1ccc2ccccc2c1. The van der Waals surface area contributed by atoms with Crippen LogP contribution in [-0.2, 0) is 11.3 Å². The molecule has 6 nitrogen and oxygen atoms in total. The normalized spacial score (nSPS) is 15.3. The molecule has 34 heavy (non-hydrogen) atoms. The highest BCUT2D eigenvalue weighted by Crippen LogP contribution is 2.28. The Bertz CT molecular complexity index is 1270. The van der Waals surface area contributed by atoms with Gasteiger partial charge in [-0.3, -0.25) is 14.3 Å². The first-order valence-corrected chi connectivity index (χ1v) is 12.7. The number of hydrogen-bond donors (Lipinski definition) is 1. The van der Waals surface area contributed by atoms with Crippen molar-refractivity contribution in [3.63, 3.8) is 0 Å². The van der Waals surface area contributed by atoms with E-state index in [1.54, 1.807) is 0 Å². The maximum atomic E-state index is 13.0. The molecule has 0 spiro atoms. The Hall–Kier alpha value is -3.16. The van der Waals surface area contributed by atoms with Crippen LogP contribution in [0.4, 0.5) is 5.69 Å². The third kappa shape index (κ3) is 5.16. The number of fused-ring (bicyclic) bond motifs is 1. The van der Waals surface area contributed by atoms with Crippen molar-refractivity contribution in [3.8, 4) is 5.69 Å². The zero-order valence-corrected chi connectivity index (χ0v) is 20.2. The molecule has 2 heterocycles. The van der Waals surface area contributed by atoms with Crippen LogP contribution < -0.4 is 5.32 Å². The highest BCUT2D eigenvalue weighted by atomic mass is 32.2. The molecule has 1 amide bonds. The number of rotatable bonds is 7. The fraction of sp³-hybridized carbons (Fsp3) is 0.296. The molecule has 7 heteroatoms. The number of thioether (sulfide) groups is 1. The van der Waals surface area contributed by atoms with Gasteiger partial charge < -0.3 is 5.32 Å². The molecule has 174 valence electrons. The lowest BCUT2D eigenvalue weighted by Crippen LogP contribution is -2.30. The van der Waals surface area contributed by atoms with Gasteiger partial charge in [-0.1, -0.05) is 66.7 Å². The third-order valence-electron chi connectivity index (χ3n) is 6.20. The van der Waals surface area contributed by atoms with Crippen LogP contribution in [0.3, 0.4) is 0 Å². The fourth-order valence-corrected chi connectivity index (χ4v) is 5.24. The van der Waals surface area contributed by atoms with E-state index in [1.165, 1.54) is 31.0 Å². The zero-order chi connectivity index (χ0) is 23.3. The quantitative estimate of drug-likeness (QED) is 0.359. The van der Waals surface area contributed by atoms with Gasteiger partial charge in [-0.05, 0) is 67.9 Å². The number of benzene rings is 3.